The molecule has 4 nitrogen and oxygen atoms in total. The SMILES string of the molecule is CCCO[C@@H]1[C@H](OC)[C@H](OC)[C]O[C@H]1C. The predicted molar refractivity (Wildman–Crippen MR) is 55.4 cm³/mol. The van der Waals surface area contributed by atoms with Crippen LogP contribution in [0.4, 0.5) is 0 Å². The molecule has 0 aliphatic carbocycles. The number of rotatable bonds is 5. The summed E-state index contributed by atoms with van der Waals surface area (Å²) in [5.41, 5.74) is 0. The summed E-state index contributed by atoms with van der Waals surface area (Å²) in [4.78, 5) is 0. The molecule has 0 amide bonds. The van der Waals surface area contributed by atoms with E-state index in [1.165, 1.54) is 0 Å². The average Bonchev–Trinajstić information content (AvgIpc) is 2.27. The molecule has 88 valence electrons. The standard InChI is InChI=1S/C11H20O4/c1-5-6-14-10-8(2)15-7-9(12-3)11(10)13-4/h8-11H,5-6H2,1-4H3/t8-,9+,10-,11+/m0/s1. The highest BCUT2D eigenvalue weighted by Crippen LogP contribution is 2.24. The van der Waals surface area contributed by atoms with Crippen LogP contribution >= 0.6 is 0 Å². The van der Waals surface area contributed by atoms with Gasteiger partial charge in [0.15, 0.2) is 6.61 Å². The van der Waals surface area contributed by atoms with Gasteiger partial charge >= 0.3 is 0 Å². The van der Waals surface area contributed by atoms with Gasteiger partial charge in [-0.3, -0.25) is 0 Å². The molecule has 0 aromatic carbocycles. The highest BCUT2D eigenvalue weighted by atomic mass is 16.6. The van der Waals surface area contributed by atoms with E-state index in [4.69, 9.17) is 18.9 Å². The van der Waals surface area contributed by atoms with E-state index in [0.29, 0.717) is 6.61 Å². The lowest BCUT2D eigenvalue weighted by molar-refractivity contribution is -0.192. The number of hydrogen-bond acceptors (Lipinski definition) is 4. The van der Waals surface area contributed by atoms with E-state index in [1.54, 1.807) is 14.2 Å². The highest BCUT2D eigenvalue weighted by molar-refractivity contribution is 4.93. The van der Waals surface area contributed by atoms with Crippen molar-refractivity contribution < 1.29 is 18.9 Å². The minimum Gasteiger partial charge on any atom is -0.376 e. The van der Waals surface area contributed by atoms with Gasteiger partial charge in [-0.25, -0.2) is 0 Å². The minimum absolute atomic E-state index is 0.0482. The Morgan fingerprint density at radius 3 is 2.47 bits per heavy atom. The third kappa shape index (κ3) is 3.14. The molecule has 0 bridgehead atoms. The summed E-state index contributed by atoms with van der Waals surface area (Å²) in [5, 5.41) is 0. The van der Waals surface area contributed by atoms with Crippen LogP contribution in [0.1, 0.15) is 20.3 Å². The number of ether oxygens (including phenoxy) is 4. The van der Waals surface area contributed by atoms with Crippen LogP contribution in [0.3, 0.4) is 0 Å². The summed E-state index contributed by atoms with van der Waals surface area (Å²) >= 11 is 0. The monoisotopic (exact) mass is 216 g/mol. The third-order valence-corrected chi connectivity index (χ3v) is 2.50. The molecule has 4 atom stereocenters. The predicted octanol–water partition coefficient (Wildman–Crippen LogP) is 1.27. The van der Waals surface area contributed by atoms with Crippen molar-refractivity contribution in [3.8, 4) is 0 Å². The molecule has 4 heteroatoms. The second-order valence-corrected chi connectivity index (χ2v) is 3.63. The molecule has 2 radical (unpaired) electrons. The lowest BCUT2D eigenvalue weighted by atomic mass is 10.0. The lowest BCUT2D eigenvalue weighted by Gasteiger charge is -2.38. The topological polar surface area (TPSA) is 36.9 Å². The Kier molecular flexibility index (Phi) is 5.53. The van der Waals surface area contributed by atoms with Crippen molar-refractivity contribution in [2.45, 2.75) is 44.7 Å². The molecule has 1 rings (SSSR count). The zero-order valence-corrected chi connectivity index (χ0v) is 9.86. The van der Waals surface area contributed by atoms with Gasteiger partial charge in [-0.15, -0.1) is 0 Å². The molecule has 1 saturated heterocycles. The second kappa shape index (κ2) is 6.43. The van der Waals surface area contributed by atoms with Crippen LogP contribution in [0.2, 0.25) is 0 Å². The van der Waals surface area contributed by atoms with E-state index in [1.807, 2.05) is 6.92 Å². The zero-order chi connectivity index (χ0) is 11.3. The average molecular weight is 216 g/mol. The quantitative estimate of drug-likeness (QED) is 0.693. The van der Waals surface area contributed by atoms with E-state index in [2.05, 4.69) is 13.5 Å². The van der Waals surface area contributed by atoms with Crippen LogP contribution in [0.5, 0.6) is 0 Å². The van der Waals surface area contributed by atoms with Crippen molar-refractivity contribution >= 4 is 0 Å². The fraction of sp³-hybridized carbons (Fsp3) is 0.909. The van der Waals surface area contributed by atoms with Gasteiger partial charge in [0.05, 0.1) is 6.10 Å². The smallest absolute Gasteiger partial charge is 0.166 e. The third-order valence-electron chi connectivity index (χ3n) is 2.50. The van der Waals surface area contributed by atoms with Crippen LogP contribution in [0, 0.1) is 6.61 Å². The van der Waals surface area contributed by atoms with Crippen LogP contribution in [-0.4, -0.2) is 45.2 Å². The Morgan fingerprint density at radius 2 is 1.93 bits per heavy atom. The normalized spacial score (nSPS) is 36.8. The fourth-order valence-electron chi connectivity index (χ4n) is 1.67. The van der Waals surface area contributed by atoms with Gasteiger partial charge in [0, 0.05) is 20.8 Å². The Morgan fingerprint density at radius 1 is 1.20 bits per heavy atom. The summed E-state index contributed by atoms with van der Waals surface area (Å²) in [7, 11) is 3.26. The van der Waals surface area contributed by atoms with E-state index in [9.17, 15) is 0 Å². The van der Waals surface area contributed by atoms with E-state index in [-0.39, 0.29) is 24.4 Å². The van der Waals surface area contributed by atoms with E-state index < -0.39 is 0 Å². The Bertz CT molecular complexity index is 174. The van der Waals surface area contributed by atoms with E-state index >= 15 is 0 Å². The van der Waals surface area contributed by atoms with Gasteiger partial charge in [-0.1, -0.05) is 6.92 Å². The van der Waals surface area contributed by atoms with Crippen LogP contribution in [0.25, 0.3) is 0 Å². The molecule has 15 heavy (non-hydrogen) atoms. The van der Waals surface area contributed by atoms with Gasteiger partial charge < -0.3 is 18.9 Å². The Labute approximate surface area is 91.8 Å². The van der Waals surface area contributed by atoms with Crippen molar-refractivity contribution in [3.63, 3.8) is 0 Å². The number of hydrogen-bond donors (Lipinski definition) is 0. The van der Waals surface area contributed by atoms with Gasteiger partial charge in [0.2, 0.25) is 0 Å². The maximum Gasteiger partial charge on any atom is 0.166 e. The molecule has 0 spiro atoms. The highest BCUT2D eigenvalue weighted by Gasteiger charge is 2.40. The molecule has 0 saturated carbocycles. The van der Waals surface area contributed by atoms with Crippen molar-refractivity contribution in [3.05, 3.63) is 6.61 Å². The molecular weight excluding hydrogens is 196 g/mol. The molecule has 1 aliphatic heterocycles. The van der Waals surface area contributed by atoms with Crippen LogP contribution in [0.15, 0.2) is 0 Å². The fourth-order valence-corrected chi connectivity index (χ4v) is 1.67. The first-order valence-electron chi connectivity index (χ1n) is 5.33. The van der Waals surface area contributed by atoms with Crippen molar-refractivity contribution in [2.75, 3.05) is 20.8 Å². The summed E-state index contributed by atoms with van der Waals surface area (Å²) in [5.74, 6) is 0. The zero-order valence-electron chi connectivity index (χ0n) is 9.86. The summed E-state index contributed by atoms with van der Waals surface area (Å²) in [6, 6.07) is 0. The lowest BCUT2D eigenvalue weighted by Crippen LogP contribution is -2.52. The first-order chi connectivity index (χ1) is 7.24. The summed E-state index contributed by atoms with van der Waals surface area (Å²) in [6.07, 6.45) is 0.400. The van der Waals surface area contributed by atoms with Crippen molar-refractivity contribution in [2.24, 2.45) is 0 Å². The van der Waals surface area contributed by atoms with Gasteiger partial charge in [0.1, 0.15) is 18.3 Å². The molecule has 0 unspecified atom stereocenters. The molecule has 0 N–H and O–H groups in total. The maximum absolute atomic E-state index is 5.71. The Balaban J connectivity index is 2.59. The Hall–Kier alpha value is -0.160. The van der Waals surface area contributed by atoms with Gasteiger partial charge in [-0.2, -0.15) is 0 Å². The van der Waals surface area contributed by atoms with E-state index in [0.717, 1.165) is 6.42 Å². The first kappa shape index (κ1) is 12.9. The molecule has 1 heterocycles. The van der Waals surface area contributed by atoms with Gasteiger partial charge in [-0.05, 0) is 13.3 Å². The van der Waals surface area contributed by atoms with Gasteiger partial charge in [0.25, 0.3) is 0 Å². The maximum atomic E-state index is 5.71. The summed E-state index contributed by atoms with van der Waals surface area (Å²) < 4.78 is 21.6. The van der Waals surface area contributed by atoms with Crippen LogP contribution < -0.4 is 0 Å². The molecule has 1 aliphatic rings. The molecule has 1 fully saturated rings. The van der Waals surface area contributed by atoms with Crippen molar-refractivity contribution in [1.29, 1.82) is 0 Å². The minimum atomic E-state index is -0.284. The van der Waals surface area contributed by atoms with Crippen LogP contribution in [-0.2, 0) is 18.9 Å². The molecule has 0 aromatic rings. The molecule has 0 aromatic heterocycles. The van der Waals surface area contributed by atoms with Crippen molar-refractivity contribution in [1.82, 2.24) is 0 Å². The first-order valence-corrected chi connectivity index (χ1v) is 5.33. The summed E-state index contributed by atoms with van der Waals surface area (Å²) in [6.45, 7) is 7.52. The molecular formula is C11H20O4. The largest absolute Gasteiger partial charge is 0.376 e. The second-order valence-electron chi connectivity index (χ2n) is 3.63. The number of methoxy groups -OCH3 is 2.